The van der Waals surface area contributed by atoms with E-state index in [1.54, 1.807) is 16.4 Å². The first-order valence-electron chi connectivity index (χ1n) is 18.6. The predicted molar refractivity (Wildman–Crippen MR) is 206 cm³/mol. The molecule has 6 rings (SSSR count). The number of carboxylic acids is 1. The molecule has 8 heteroatoms. The lowest BCUT2D eigenvalue weighted by Crippen LogP contribution is -2.39. The van der Waals surface area contributed by atoms with Crippen molar-refractivity contribution in [3.8, 4) is 16.9 Å². The molecule has 0 spiro atoms. The molecular formula is C44H51NO6S. The second-order valence-electron chi connectivity index (χ2n) is 14.4. The summed E-state index contributed by atoms with van der Waals surface area (Å²) in [5, 5.41) is 9.50. The molecule has 2 saturated heterocycles. The minimum atomic E-state index is -3.83. The highest BCUT2D eigenvalue weighted by molar-refractivity contribution is 7.89. The average Bonchev–Trinajstić information content (AvgIpc) is 3.17. The molecule has 2 fully saturated rings. The van der Waals surface area contributed by atoms with Gasteiger partial charge in [-0.1, -0.05) is 117 Å². The number of benzene rings is 4. The SMILES string of the molecule is C=C(C)[C@@H]1C[C@@H](c2ccc(-c3ccccc3)cc2)[C@@H](CCCC)O[C@H]1c1cc(S(=O)(=O)N2CCC(Cc3ccccc3)CC2)ccc1OCC(=O)O. The van der Waals surface area contributed by atoms with Crippen LogP contribution >= 0.6 is 0 Å². The zero-order chi connectivity index (χ0) is 36.7. The minimum Gasteiger partial charge on any atom is -0.482 e. The third-order valence-corrected chi connectivity index (χ3v) is 12.7. The van der Waals surface area contributed by atoms with Crippen molar-refractivity contribution in [1.82, 2.24) is 4.31 Å². The molecule has 0 amide bonds. The van der Waals surface area contributed by atoms with Crippen LogP contribution in [0.2, 0.25) is 0 Å². The summed E-state index contributed by atoms with van der Waals surface area (Å²) < 4.78 is 42.9. The van der Waals surface area contributed by atoms with Gasteiger partial charge in [-0.3, -0.25) is 0 Å². The number of aliphatic carboxylic acids is 1. The van der Waals surface area contributed by atoms with E-state index in [0.717, 1.165) is 61.6 Å². The molecule has 0 bridgehead atoms. The predicted octanol–water partition coefficient (Wildman–Crippen LogP) is 9.46. The molecule has 52 heavy (non-hydrogen) atoms. The Labute approximate surface area is 309 Å². The van der Waals surface area contributed by atoms with E-state index in [1.165, 1.54) is 17.2 Å². The minimum absolute atomic E-state index is 0.0989. The number of unbranched alkanes of at least 4 members (excludes halogenated alkanes) is 1. The second kappa shape index (κ2) is 17.1. The maximum absolute atomic E-state index is 14.2. The lowest BCUT2D eigenvalue weighted by atomic mass is 9.74. The van der Waals surface area contributed by atoms with Gasteiger partial charge in [0.05, 0.1) is 17.1 Å². The van der Waals surface area contributed by atoms with Crippen molar-refractivity contribution in [1.29, 1.82) is 0 Å². The number of ether oxygens (including phenoxy) is 2. The Balaban J connectivity index is 1.29. The first-order chi connectivity index (χ1) is 25.1. The summed E-state index contributed by atoms with van der Waals surface area (Å²) >= 11 is 0. The van der Waals surface area contributed by atoms with Gasteiger partial charge in [-0.2, -0.15) is 4.31 Å². The van der Waals surface area contributed by atoms with Gasteiger partial charge >= 0.3 is 5.97 Å². The fraction of sp³-hybridized carbons (Fsp3) is 0.386. The van der Waals surface area contributed by atoms with Crippen LogP contribution in [0, 0.1) is 11.8 Å². The number of piperidine rings is 1. The van der Waals surface area contributed by atoms with Crippen molar-refractivity contribution in [2.24, 2.45) is 11.8 Å². The molecule has 0 saturated carbocycles. The Morgan fingerprint density at radius 2 is 1.58 bits per heavy atom. The van der Waals surface area contributed by atoms with Crippen molar-refractivity contribution in [2.45, 2.75) is 81.8 Å². The van der Waals surface area contributed by atoms with Crippen LogP contribution in [0.3, 0.4) is 0 Å². The largest absolute Gasteiger partial charge is 0.482 e. The van der Waals surface area contributed by atoms with Gasteiger partial charge in [0.15, 0.2) is 6.61 Å². The summed E-state index contributed by atoms with van der Waals surface area (Å²) in [6.45, 7) is 8.87. The summed E-state index contributed by atoms with van der Waals surface area (Å²) in [4.78, 5) is 11.8. The van der Waals surface area contributed by atoms with Crippen LogP contribution in [0.4, 0.5) is 0 Å². The Morgan fingerprint density at radius 1 is 0.923 bits per heavy atom. The van der Waals surface area contributed by atoms with Gasteiger partial charge in [-0.15, -0.1) is 0 Å². The standard InChI is InChI=1S/C44H51NO6S/c1-4-5-16-42-39(36-19-17-35(18-20-36)34-14-10-7-11-15-34)29-38(31(2)3)44(51-42)40-28-37(21-22-41(40)50-30-43(46)47)52(48,49)45-25-23-33(24-26-45)27-32-12-8-6-9-13-32/h6-15,17-22,28,33,38-39,42,44H,2,4-5,16,23-27,29-30H2,1,3H3,(H,46,47)/t38-,39-,42+,44+/m0/s1. The summed E-state index contributed by atoms with van der Waals surface area (Å²) in [7, 11) is -3.83. The molecule has 4 aromatic rings. The van der Waals surface area contributed by atoms with Crippen molar-refractivity contribution in [3.05, 3.63) is 132 Å². The van der Waals surface area contributed by atoms with Crippen molar-refractivity contribution >= 4 is 16.0 Å². The topological polar surface area (TPSA) is 93.1 Å². The van der Waals surface area contributed by atoms with Crippen molar-refractivity contribution < 1.29 is 27.8 Å². The third-order valence-electron chi connectivity index (χ3n) is 10.8. The molecule has 274 valence electrons. The molecule has 2 aliphatic rings. The van der Waals surface area contributed by atoms with E-state index in [-0.39, 0.29) is 22.8 Å². The zero-order valence-corrected chi connectivity index (χ0v) is 31.1. The Kier molecular flexibility index (Phi) is 12.3. The van der Waals surface area contributed by atoms with Crippen LogP contribution in [0.15, 0.2) is 120 Å². The van der Waals surface area contributed by atoms with E-state index in [0.29, 0.717) is 30.3 Å². The van der Waals surface area contributed by atoms with Gasteiger partial charge in [-0.05, 0) is 85.4 Å². The smallest absolute Gasteiger partial charge is 0.341 e. The normalized spacial score (nSPS) is 21.4. The molecule has 0 aliphatic carbocycles. The maximum atomic E-state index is 14.2. The van der Waals surface area contributed by atoms with Crippen LogP contribution in [-0.2, 0) is 26.0 Å². The maximum Gasteiger partial charge on any atom is 0.341 e. The highest BCUT2D eigenvalue weighted by Crippen LogP contribution is 2.50. The van der Waals surface area contributed by atoms with Crippen LogP contribution in [0.5, 0.6) is 5.75 Å². The molecule has 0 radical (unpaired) electrons. The van der Waals surface area contributed by atoms with E-state index in [9.17, 15) is 18.3 Å². The van der Waals surface area contributed by atoms with Crippen molar-refractivity contribution in [3.63, 3.8) is 0 Å². The number of sulfonamides is 1. The van der Waals surface area contributed by atoms with Gasteiger partial charge in [0, 0.05) is 30.5 Å². The summed E-state index contributed by atoms with van der Waals surface area (Å²) in [6, 6.07) is 34.2. The molecule has 0 unspecified atom stereocenters. The van der Waals surface area contributed by atoms with E-state index in [4.69, 9.17) is 9.47 Å². The van der Waals surface area contributed by atoms with Gasteiger partial charge in [0.25, 0.3) is 0 Å². The molecule has 2 aliphatic heterocycles. The average molecular weight is 722 g/mol. The number of hydrogen-bond donors (Lipinski definition) is 1. The fourth-order valence-electron chi connectivity index (χ4n) is 7.89. The molecule has 1 N–H and O–H groups in total. The lowest BCUT2D eigenvalue weighted by molar-refractivity contribution is -0.139. The van der Waals surface area contributed by atoms with E-state index >= 15 is 0 Å². The Bertz CT molecular complexity index is 1900. The van der Waals surface area contributed by atoms with E-state index in [1.807, 2.05) is 43.3 Å². The molecule has 4 atom stereocenters. The number of nitrogens with zero attached hydrogens (tertiary/aromatic N) is 1. The fourth-order valence-corrected chi connectivity index (χ4v) is 9.39. The van der Waals surface area contributed by atoms with Gasteiger partial charge in [0.2, 0.25) is 10.0 Å². The molecular weight excluding hydrogens is 671 g/mol. The number of carboxylic acid groups (broad SMARTS) is 1. The lowest BCUT2D eigenvalue weighted by Gasteiger charge is -2.43. The quantitative estimate of drug-likeness (QED) is 0.131. The summed E-state index contributed by atoms with van der Waals surface area (Å²) in [5.41, 5.74) is 6.25. The van der Waals surface area contributed by atoms with Gasteiger partial charge < -0.3 is 14.6 Å². The Hall–Kier alpha value is -4.24. The molecule has 0 aromatic heterocycles. The summed E-state index contributed by atoms with van der Waals surface area (Å²) in [6.07, 6.45) is 5.39. The first-order valence-corrected chi connectivity index (χ1v) is 20.1. The van der Waals surface area contributed by atoms with Crippen LogP contribution in [0.1, 0.15) is 81.1 Å². The molecule has 2 heterocycles. The monoisotopic (exact) mass is 721 g/mol. The zero-order valence-electron chi connectivity index (χ0n) is 30.3. The number of rotatable bonds is 14. The highest BCUT2D eigenvalue weighted by atomic mass is 32.2. The van der Waals surface area contributed by atoms with Crippen LogP contribution in [0.25, 0.3) is 11.1 Å². The second-order valence-corrected chi connectivity index (χ2v) is 16.4. The van der Waals surface area contributed by atoms with Gasteiger partial charge in [-0.25, -0.2) is 13.2 Å². The first kappa shape index (κ1) is 37.5. The third kappa shape index (κ3) is 8.85. The van der Waals surface area contributed by atoms with Crippen molar-refractivity contribution in [2.75, 3.05) is 19.7 Å². The highest BCUT2D eigenvalue weighted by Gasteiger charge is 2.41. The molecule has 4 aromatic carbocycles. The summed E-state index contributed by atoms with van der Waals surface area (Å²) in [5.74, 6) is -0.427. The van der Waals surface area contributed by atoms with Crippen LogP contribution < -0.4 is 4.74 Å². The van der Waals surface area contributed by atoms with Gasteiger partial charge in [0.1, 0.15) is 5.75 Å². The number of hydrogen-bond acceptors (Lipinski definition) is 5. The van der Waals surface area contributed by atoms with Crippen LogP contribution in [-0.4, -0.2) is 49.6 Å². The Morgan fingerprint density at radius 3 is 2.21 bits per heavy atom. The van der Waals surface area contributed by atoms with E-state index in [2.05, 4.69) is 62.0 Å². The molecule has 7 nitrogen and oxygen atoms in total. The van der Waals surface area contributed by atoms with E-state index < -0.39 is 28.7 Å². The number of carbonyl (C=O) groups is 1.